The molecule has 0 saturated heterocycles. The average molecular weight is 628 g/mol. The minimum atomic E-state index is 1.05. The molecular weight excluding hydrogens is 590 g/mol. The van der Waals surface area contributed by atoms with Crippen LogP contribution in [0.5, 0.6) is 0 Å². The molecular formula is C28H38I2. The number of halogens is 2. The number of hydrogen-bond acceptors (Lipinski definition) is 0. The first-order valence-electron chi connectivity index (χ1n) is 10.9. The monoisotopic (exact) mass is 628 g/mol. The lowest BCUT2D eigenvalue weighted by Crippen LogP contribution is -1.98. The van der Waals surface area contributed by atoms with Gasteiger partial charge in [0.05, 0.1) is 0 Å². The van der Waals surface area contributed by atoms with Crippen LogP contribution in [0, 0.1) is 6.92 Å². The summed E-state index contributed by atoms with van der Waals surface area (Å²) in [4.78, 5) is 0. The van der Waals surface area contributed by atoms with Crippen LogP contribution in [-0.2, 0) is 6.42 Å². The quantitative estimate of drug-likeness (QED) is 0.212. The van der Waals surface area contributed by atoms with Crippen LogP contribution >= 0.6 is 45.2 Å². The third-order valence-corrected chi connectivity index (χ3v) is 6.53. The molecule has 0 aliphatic heterocycles. The molecule has 0 aliphatic rings. The zero-order valence-electron chi connectivity index (χ0n) is 19.5. The Balaban J connectivity index is 0.00000125. The second-order valence-corrected chi connectivity index (χ2v) is 8.20. The van der Waals surface area contributed by atoms with E-state index in [-0.39, 0.29) is 0 Å². The molecule has 0 N–H and O–H groups in total. The smallest absolute Gasteiger partial charge is 0.0146 e. The normalized spacial score (nSPS) is 11.5. The molecule has 2 aromatic carbocycles. The summed E-state index contributed by atoms with van der Waals surface area (Å²) in [6.07, 6.45) is 9.12. The van der Waals surface area contributed by atoms with Gasteiger partial charge in [0, 0.05) is 0 Å². The van der Waals surface area contributed by atoms with Gasteiger partial charge in [-0.25, -0.2) is 0 Å². The van der Waals surface area contributed by atoms with Gasteiger partial charge in [0.1, 0.15) is 0 Å². The van der Waals surface area contributed by atoms with Crippen molar-refractivity contribution in [1.82, 2.24) is 0 Å². The van der Waals surface area contributed by atoms with Crippen molar-refractivity contribution in [3.8, 4) is 0 Å². The van der Waals surface area contributed by atoms with Crippen molar-refractivity contribution >= 4 is 50.8 Å². The lowest BCUT2D eigenvalue weighted by Gasteiger charge is -2.15. The van der Waals surface area contributed by atoms with Crippen LogP contribution in [0.25, 0.3) is 5.57 Å². The van der Waals surface area contributed by atoms with Crippen LogP contribution in [0.2, 0.25) is 0 Å². The van der Waals surface area contributed by atoms with Gasteiger partial charge in [-0.3, -0.25) is 0 Å². The van der Waals surface area contributed by atoms with Gasteiger partial charge in [-0.2, -0.15) is 0 Å². The van der Waals surface area contributed by atoms with Gasteiger partial charge in [-0.15, -0.1) is 0 Å². The highest BCUT2D eigenvalue weighted by Crippen LogP contribution is 2.29. The molecule has 0 saturated carbocycles. The summed E-state index contributed by atoms with van der Waals surface area (Å²) in [6, 6.07) is 17.7. The molecule has 30 heavy (non-hydrogen) atoms. The number of aryl methyl sites for hydroxylation is 2. The summed E-state index contributed by atoms with van der Waals surface area (Å²) in [5, 5.41) is 0. The first kappa shape index (κ1) is 29.1. The third kappa shape index (κ3) is 11.5. The van der Waals surface area contributed by atoms with E-state index < -0.39 is 0 Å². The highest BCUT2D eigenvalue weighted by molar-refractivity contribution is 14.1. The zero-order valence-corrected chi connectivity index (χ0v) is 23.8. The van der Waals surface area contributed by atoms with Crippen molar-refractivity contribution in [3.05, 3.63) is 96.7 Å². The molecule has 0 bridgehead atoms. The topological polar surface area (TPSA) is 0 Å². The molecule has 164 valence electrons. The maximum atomic E-state index is 2.36. The number of allylic oxidation sites excluding steroid dienone is 3. The Morgan fingerprint density at radius 3 is 2.00 bits per heavy atom. The molecule has 0 nitrogen and oxygen atoms in total. The van der Waals surface area contributed by atoms with Crippen LogP contribution in [-0.4, -0.2) is 0 Å². The standard InChI is InChI=1S/C24H30.C2H2I2.C2H6/c1-5-10-19(3)14-16-22-17-15-20(4)18-24(22)23(11-6-2)21-12-8-7-9-13-21;3-1-2-4;1-2/h7-13,15,17-18H,5-6,14,16H2,1-4H3;1-2H;1-2H3/b19-10-,23-11?;2-1-;. The summed E-state index contributed by atoms with van der Waals surface area (Å²) < 4.78 is 3.91. The minimum Gasteiger partial charge on any atom is -0.0859 e. The Morgan fingerprint density at radius 2 is 1.47 bits per heavy atom. The van der Waals surface area contributed by atoms with Crippen molar-refractivity contribution in [1.29, 1.82) is 0 Å². The summed E-state index contributed by atoms with van der Waals surface area (Å²) >= 11 is 4.33. The van der Waals surface area contributed by atoms with Gasteiger partial charge >= 0.3 is 0 Å². The molecule has 0 unspecified atom stereocenters. The van der Waals surface area contributed by atoms with E-state index in [2.05, 4.69) is 134 Å². The Labute approximate surface area is 213 Å². The molecule has 0 atom stereocenters. The van der Waals surface area contributed by atoms with Crippen molar-refractivity contribution < 1.29 is 0 Å². The van der Waals surface area contributed by atoms with Crippen LogP contribution in [0.1, 0.15) is 76.1 Å². The van der Waals surface area contributed by atoms with Crippen molar-refractivity contribution in [2.24, 2.45) is 0 Å². The lowest BCUT2D eigenvalue weighted by molar-refractivity contribution is 0.925. The van der Waals surface area contributed by atoms with Crippen molar-refractivity contribution in [2.75, 3.05) is 0 Å². The Kier molecular flexibility index (Phi) is 18.3. The Bertz CT molecular complexity index is 780. The molecule has 0 amide bonds. The fourth-order valence-electron chi connectivity index (χ4n) is 3.15. The largest absolute Gasteiger partial charge is 0.0859 e. The van der Waals surface area contributed by atoms with Crippen molar-refractivity contribution in [2.45, 2.75) is 67.2 Å². The number of rotatable bonds is 7. The van der Waals surface area contributed by atoms with Crippen LogP contribution in [0.3, 0.4) is 0 Å². The first-order valence-corrected chi connectivity index (χ1v) is 13.4. The molecule has 0 aliphatic carbocycles. The number of benzene rings is 2. The van der Waals surface area contributed by atoms with E-state index in [0.29, 0.717) is 0 Å². The second-order valence-electron chi connectivity index (χ2n) is 6.76. The highest BCUT2D eigenvalue weighted by atomic mass is 127. The Morgan fingerprint density at radius 1 is 0.867 bits per heavy atom. The summed E-state index contributed by atoms with van der Waals surface area (Å²) in [5.74, 6) is 0. The maximum absolute atomic E-state index is 2.36. The molecule has 0 radical (unpaired) electrons. The van der Waals surface area contributed by atoms with Gasteiger partial charge in [0.25, 0.3) is 0 Å². The van der Waals surface area contributed by atoms with E-state index in [1.807, 2.05) is 22.0 Å². The van der Waals surface area contributed by atoms with E-state index >= 15 is 0 Å². The van der Waals surface area contributed by atoms with E-state index in [1.165, 1.54) is 33.4 Å². The molecule has 0 fully saturated rings. The average Bonchev–Trinajstić information content (AvgIpc) is 2.79. The predicted octanol–water partition coefficient (Wildman–Crippen LogP) is 10.5. The molecule has 2 rings (SSSR count). The third-order valence-electron chi connectivity index (χ3n) is 4.44. The van der Waals surface area contributed by atoms with Crippen molar-refractivity contribution in [3.63, 3.8) is 0 Å². The van der Waals surface area contributed by atoms with Gasteiger partial charge in [0.2, 0.25) is 0 Å². The van der Waals surface area contributed by atoms with E-state index in [0.717, 1.165) is 25.7 Å². The molecule has 0 spiro atoms. The van der Waals surface area contributed by atoms with Crippen LogP contribution < -0.4 is 0 Å². The Hall–Kier alpha value is -0.880. The van der Waals surface area contributed by atoms with Crippen LogP contribution in [0.4, 0.5) is 0 Å². The zero-order chi connectivity index (χ0) is 22.8. The summed E-state index contributed by atoms with van der Waals surface area (Å²) in [7, 11) is 0. The molecule has 0 heterocycles. The molecule has 2 heteroatoms. The highest BCUT2D eigenvalue weighted by Gasteiger charge is 2.10. The first-order chi connectivity index (χ1) is 14.6. The van der Waals surface area contributed by atoms with Crippen LogP contribution in [0.15, 0.2) is 74.4 Å². The van der Waals surface area contributed by atoms with Gasteiger partial charge in [-0.1, -0.05) is 145 Å². The summed E-state index contributed by atoms with van der Waals surface area (Å²) in [5.41, 5.74) is 8.35. The van der Waals surface area contributed by atoms with Gasteiger partial charge < -0.3 is 0 Å². The summed E-state index contributed by atoms with van der Waals surface area (Å²) in [6.45, 7) is 12.9. The molecule has 2 aromatic rings. The fourth-order valence-corrected chi connectivity index (χ4v) is 3.15. The SMILES string of the molecule is CC.CCC=C(c1ccccc1)c1cc(C)ccc1CC/C(C)=C\CC.I/C=C\I. The van der Waals surface area contributed by atoms with E-state index in [1.54, 1.807) is 0 Å². The van der Waals surface area contributed by atoms with Gasteiger partial charge in [-0.05, 0) is 70.0 Å². The fraction of sp³-hybridized carbons (Fsp3) is 0.357. The lowest BCUT2D eigenvalue weighted by atomic mass is 9.89. The maximum Gasteiger partial charge on any atom is -0.0146 e. The molecule has 0 aromatic heterocycles. The van der Waals surface area contributed by atoms with E-state index in [9.17, 15) is 0 Å². The van der Waals surface area contributed by atoms with Gasteiger partial charge in [0.15, 0.2) is 0 Å². The van der Waals surface area contributed by atoms with E-state index in [4.69, 9.17) is 0 Å². The second kappa shape index (κ2) is 18.9. The minimum absolute atomic E-state index is 1.05. The predicted molar refractivity (Wildman–Crippen MR) is 156 cm³/mol. The number of hydrogen-bond donors (Lipinski definition) is 0.